The van der Waals surface area contributed by atoms with Gasteiger partial charge in [-0.2, -0.15) is 0 Å². The molecule has 24 heavy (non-hydrogen) atoms. The highest BCUT2D eigenvalue weighted by molar-refractivity contribution is 6.33. The zero-order chi connectivity index (χ0) is 18.1. The number of nitrogens with zero attached hydrogens (tertiary/aromatic N) is 1. The summed E-state index contributed by atoms with van der Waals surface area (Å²) in [6.07, 6.45) is 0.230. The first-order valence-corrected chi connectivity index (χ1v) is 8.31. The summed E-state index contributed by atoms with van der Waals surface area (Å²) in [7, 11) is 0. The SMILES string of the molecule is C[C@H]1CN(C(C)(C)CNC(=O)c2cc(F)c(F)cc2Cl)C[C@H](C)O1. The van der Waals surface area contributed by atoms with Gasteiger partial charge in [0.2, 0.25) is 0 Å². The van der Waals surface area contributed by atoms with E-state index in [0.29, 0.717) is 6.54 Å². The quantitative estimate of drug-likeness (QED) is 0.838. The van der Waals surface area contributed by atoms with Gasteiger partial charge in [0.25, 0.3) is 5.91 Å². The first-order chi connectivity index (χ1) is 11.1. The molecule has 0 aliphatic carbocycles. The molecule has 0 spiro atoms. The van der Waals surface area contributed by atoms with Crippen LogP contribution in [0, 0.1) is 11.6 Å². The average molecular weight is 361 g/mol. The number of carbonyl (C=O) groups excluding carboxylic acids is 1. The van der Waals surface area contributed by atoms with Gasteiger partial charge in [0.15, 0.2) is 11.6 Å². The molecule has 0 unspecified atom stereocenters. The lowest BCUT2D eigenvalue weighted by atomic mass is 10.00. The number of hydrogen-bond donors (Lipinski definition) is 1. The molecule has 7 heteroatoms. The highest BCUT2D eigenvalue weighted by Gasteiger charge is 2.33. The van der Waals surface area contributed by atoms with Crippen molar-refractivity contribution in [2.45, 2.75) is 45.4 Å². The molecule has 0 saturated carbocycles. The zero-order valence-electron chi connectivity index (χ0n) is 14.3. The first kappa shape index (κ1) is 19.1. The fourth-order valence-electron chi connectivity index (χ4n) is 2.87. The van der Waals surface area contributed by atoms with Gasteiger partial charge in [-0.05, 0) is 39.8 Å². The average Bonchev–Trinajstić information content (AvgIpc) is 2.47. The van der Waals surface area contributed by atoms with Crippen LogP contribution in [0.2, 0.25) is 5.02 Å². The number of halogens is 3. The molecule has 1 saturated heterocycles. The van der Waals surface area contributed by atoms with Gasteiger partial charge >= 0.3 is 0 Å². The smallest absolute Gasteiger partial charge is 0.252 e. The predicted octanol–water partition coefficient (Wildman–Crippen LogP) is 3.24. The van der Waals surface area contributed by atoms with Crippen molar-refractivity contribution in [3.8, 4) is 0 Å². The fourth-order valence-corrected chi connectivity index (χ4v) is 3.11. The lowest BCUT2D eigenvalue weighted by Gasteiger charge is -2.45. The Kier molecular flexibility index (Phi) is 5.83. The number of morpholine rings is 1. The van der Waals surface area contributed by atoms with Crippen molar-refractivity contribution in [3.05, 3.63) is 34.4 Å². The Morgan fingerprint density at radius 3 is 2.42 bits per heavy atom. The van der Waals surface area contributed by atoms with Crippen molar-refractivity contribution in [1.82, 2.24) is 10.2 Å². The molecule has 1 aromatic carbocycles. The molecule has 0 radical (unpaired) electrons. The Morgan fingerprint density at radius 2 is 1.83 bits per heavy atom. The molecule has 1 heterocycles. The van der Waals surface area contributed by atoms with Crippen LogP contribution in [0.4, 0.5) is 8.78 Å². The summed E-state index contributed by atoms with van der Waals surface area (Å²) >= 11 is 5.84. The summed E-state index contributed by atoms with van der Waals surface area (Å²) in [6.45, 7) is 9.94. The maximum atomic E-state index is 13.3. The number of benzene rings is 1. The largest absolute Gasteiger partial charge is 0.373 e. The Balaban J connectivity index is 2.03. The number of ether oxygens (including phenoxy) is 1. The van der Waals surface area contributed by atoms with E-state index in [2.05, 4.69) is 10.2 Å². The van der Waals surface area contributed by atoms with Crippen molar-refractivity contribution in [2.75, 3.05) is 19.6 Å². The molecule has 2 atom stereocenters. The van der Waals surface area contributed by atoms with Gasteiger partial charge in [-0.1, -0.05) is 11.6 Å². The van der Waals surface area contributed by atoms with Crippen LogP contribution >= 0.6 is 11.6 Å². The summed E-state index contributed by atoms with van der Waals surface area (Å²) in [6, 6.07) is 1.63. The topological polar surface area (TPSA) is 41.6 Å². The minimum absolute atomic E-state index is 0.0740. The van der Waals surface area contributed by atoms with Gasteiger partial charge in [-0.15, -0.1) is 0 Å². The minimum atomic E-state index is -1.10. The third-order valence-electron chi connectivity index (χ3n) is 4.21. The Labute approximate surface area is 146 Å². The van der Waals surface area contributed by atoms with E-state index in [-0.39, 0.29) is 28.3 Å². The van der Waals surface area contributed by atoms with E-state index < -0.39 is 17.5 Å². The molecule has 1 aliphatic rings. The van der Waals surface area contributed by atoms with Crippen LogP contribution in [0.25, 0.3) is 0 Å². The summed E-state index contributed by atoms with van der Waals surface area (Å²) in [4.78, 5) is 14.5. The third kappa shape index (κ3) is 4.43. The Morgan fingerprint density at radius 1 is 1.29 bits per heavy atom. The second-order valence-corrected chi connectivity index (χ2v) is 7.31. The lowest BCUT2D eigenvalue weighted by molar-refractivity contribution is -0.0948. The van der Waals surface area contributed by atoms with E-state index in [1.165, 1.54) is 0 Å². The zero-order valence-corrected chi connectivity index (χ0v) is 15.1. The molecule has 2 rings (SSSR count). The highest BCUT2D eigenvalue weighted by atomic mass is 35.5. The number of amides is 1. The van der Waals surface area contributed by atoms with Crippen molar-refractivity contribution in [2.24, 2.45) is 0 Å². The van der Waals surface area contributed by atoms with Crippen molar-refractivity contribution in [1.29, 1.82) is 0 Å². The normalized spacial score (nSPS) is 22.5. The Bertz CT molecular complexity index is 615. The number of rotatable bonds is 4. The van der Waals surface area contributed by atoms with Gasteiger partial charge < -0.3 is 10.1 Å². The van der Waals surface area contributed by atoms with E-state index in [1.54, 1.807) is 0 Å². The van der Waals surface area contributed by atoms with E-state index in [4.69, 9.17) is 16.3 Å². The van der Waals surface area contributed by atoms with Crippen LogP contribution in [0.3, 0.4) is 0 Å². The van der Waals surface area contributed by atoms with E-state index in [9.17, 15) is 13.6 Å². The summed E-state index contributed by atoms with van der Waals surface area (Å²) in [5.74, 6) is -2.70. The summed E-state index contributed by atoms with van der Waals surface area (Å²) in [5, 5.41) is 2.65. The van der Waals surface area contributed by atoms with Gasteiger partial charge in [0.1, 0.15) is 0 Å². The van der Waals surface area contributed by atoms with Crippen LogP contribution in [-0.4, -0.2) is 48.2 Å². The number of nitrogens with one attached hydrogen (secondary N) is 1. The van der Waals surface area contributed by atoms with Gasteiger partial charge in [-0.3, -0.25) is 9.69 Å². The Hall–Kier alpha value is -1.24. The molecular weight excluding hydrogens is 338 g/mol. The van der Waals surface area contributed by atoms with Gasteiger partial charge in [0, 0.05) is 25.2 Å². The van der Waals surface area contributed by atoms with Crippen LogP contribution in [-0.2, 0) is 4.74 Å². The monoisotopic (exact) mass is 360 g/mol. The highest BCUT2D eigenvalue weighted by Crippen LogP contribution is 2.22. The number of carbonyl (C=O) groups is 1. The molecule has 4 nitrogen and oxygen atoms in total. The van der Waals surface area contributed by atoms with E-state index in [0.717, 1.165) is 25.2 Å². The molecule has 1 aromatic rings. The minimum Gasteiger partial charge on any atom is -0.373 e. The van der Waals surface area contributed by atoms with Crippen LogP contribution in [0.5, 0.6) is 0 Å². The van der Waals surface area contributed by atoms with Crippen LogP contribution < -0.4 is 5.32 Å². The molecule has 1 fully saturated rings. The molecule has 1 amide bonds. The second-order valence-electron chi connectivity index (χ2n) is 6.90. The fraction of sp³-hybridized carbons (Fsp3) is 0.588. The standard InChI is InChI=1S/C17H23ClF2N2O2/c1-10-7-22(8-11(2)24-10)17(3,4)9-21-16(23)12-5-14(19)15(20)6-13(12)18/h5-6,10-11H,7-9H2,1-4H3,(H,21,23)/t10-,11-/m0/s1. The predicted molar refractivity (Wildman–Crippen MR) is 89.4 cm³/mol. The van der Waals surface area contributed by atoms with Crippen molar-refractivity contribution >= 4 is 17.5 Å². The molecule has 1 aliphatic heterocycles. The second kappa shape index (κ2) is 7.33. The molecular formula is C17H23ClF2N2O2. The van der Waals surface area contributed by atoms with E-state index in [1.807, 2.05) is 27.7 Å². The van der Waals surface area contributed by atoms with Gasteiger partial charge in [-0.25, -0.2) is 8.78 Å². The maximum Gasteiger partial charge on any atom is 0.252 e. The van der Waals surface area contributed by atoms with Gasteiger partial charge in [0.05, 0.1) is 22.8 Å². The first-order valence-electron chi connectivity index (χ1n) is 7.93. The molecule has 0 bridgehead atoms. The van der Waals surface area contributed by atoms with Crippen molar-refractivity contribution < 1.29 is 18.3 Å². The molecule has 1 N–H and O–H groups in total. The molecule has 134 valence electrons. The van der Waals surface area contributed by atoms with Crippen molar-refractivity contribution in [3.63, 3.8) is 0 Å². The summed E-state index contributed by atoms with van der Waals surface area (Å²) in [5.41, 5.74) is -0.386. The third-order valence-corrected chi connectivity index (χ3v) is 4.52. The number of hydrogen-bond acceptors (Lipinski definition) is 3. The van der Waals surface area contributed by atoms with E-state index >= 15 is 0 Å². The summed E-state index contributed by atoms with van der Waals surface area (Å²) < 4.78 is 32.2. The maximum absolute atomic E-state index is 13.3. The van der Waals surface area contributed by atoms with Crippen LogP contribution in [0.15, 0.2) is 12.1 Å². The lowest BCUT2D eigenvalue weighted by Crippen LogP contribution is -2.58. The van der Waals surface area contributed by atoms with Crippen LogP contribution in [0.1, 0.15) is 38.1 Å². The molecule has 0 aromatic heterocycles.